The minimum Gasteiger partial charge on any atom is -0.465 e. The molecule has 150 valence electrons. The molecule has 0 aliphatic rings. The lowest BCUT2D eigenvalue weighted by Gasteiger charge is -2.33. The Morgan fingerprint density at radius 2 is 1.44 bits per heavy atom. The molecule has 0 bridgehead atoms. The summed E-state index contributed by atoms with van der Waals surface area (Å²) >= 11 is 0. The van der Waals surface area contributed by atoms with Crippen LogP contribution in [0.1, 0.15) is 95.9 Å². The third kappa shape index (κ3) is 16.2. The van der Waals surface area contributed by atoms with Crippen molar-refractivity contribution in [2.24, 2.45) is 16.7 Å². The van der Waals surface area contributed by atoms with Gasteiger partial charge in [0, 0.05) is 6.42 Å². The van der Waals surface area contributed by atoms with Gasteiger partial charge in [-0.1, -0.05) is 87.5 Å². The number of ether oxygens (including phenoxy) is 1. The molecule has 0 saturated heterocycles. The third-order valence-electron chi connectivity index (χ3n) is 3.53. The molecule has 2 nitrogen and oxygen atoms in total. The minimum absolute atomic E-state index is 0.0617. The number of allylic oxidation sites excluding steroid dienone is 3. The first kappa shape index (κ1) is 28.7. The molecular weight excluding hydrogens is 308 g/mol. The molecule has 1 unspecified atom stereocenters. The summed E-state index contributed by atoms with van der Waals surface area (Å²) in [5.41, 5.74) is 1.25. The molecule has 0 radical (unpaired) electrons. The smallest absolute Gasteiger partial charge is 0.309 e. The van der Waals surface area contributed by atoms with Gasteiger partial charge in [0.2, 0.25) is 0 Å². The Labute approximate surface area is 159 Å². The Hall–Kier alpha value is -1.05. The average Bonchev–Trinajstić information content (AvgIpc) is 2.53. The van der Waals surface area contributed by atoms with Gasteiger partial charge < -0.3 is 4.74 Å². The van der Waals surface area contributed by atoms with Gasteiger partial charge in [-0.15, -0.1) is 0 Å². The first-order valence-electron chi connectivity index (χ1n) is 9.96. The lowest BCUT2D eigenvalue weighted by atomic mass is 9.72. The maximum Gasteiger partial charge on any atom is 0.309 e. The van der Waals surface area contributed by atoms with E-state index in [-0.39, 0.29) is 22.7 Å². The largest absolute Gasteiger partial charge is 0.465 e. The normalized spacial score (nSPS) is 13.4. The van der Waals surface area contributed by atoms with Crippen LogP contribution in [0.2, 0.25) is 0 Å². The fraction of sp³-hybridized carbons (Fsp3) is 0.783. The van der Waals surface area contributed by atoms with Crippen LogP contribution >= 0.6 is 0 Å². The molecule has 25 heavy (non-hydrogen) atoms. The summed E-state index contributed by atoms with van der Waals surface area (Å²) in [6.45, 7) is 25.3. The third-order valence-corrected chi connectivity index (χ3v) is 3.53. The van der Waals surface area contributed by atoms with Crippen LogP contribution in [0.4, 0.5) is 0 Å². The van der Waals surface area contributed by atoms with E-state index in [9.17, 15) is 4.79 Å². The molecule has 0 spiro atoms. The Morgan fingerprint density at radius 1 is 0.960 bits per heavy atom. The van der Waals surface area contributed by atoms with E-state index in [4.69, 9.17) is 4.74 Å². The van der Waals surface area contributed by atoms with Crippen LogP contribution in [0.3, 0.4) is 0 Å². The Bertz CT molecular complexity index is 376. The summed E-state index contributed by atoms with van der Waals surface area (Å²) in [7, 11) is 0. The summed E-state index contributed by atoms with van der Waals surface area (Å²) in [5, 5.41) is 0. The fourth-order valence-corrected chi connectivity index (χ4v) is 2.26. The maximum absolute atomic E-state index is 12.4. The van der Waals surface area contributed by atoms with Crippen molar-refractivity contribution >= 4 is 5.97 Å². The van der Waals surface area contributed by atoms with Crippen molar-refractivity contribution in [1.29, 1.82) is 0 Å². The maximum atomic E-state index is 12.4. The van der Waals surface area contributed by atoms with Gasteiger partial charge in [-0.05, 0) is 36.7 Å². The number of carbonyl (C=O) groups excluding carboxylic acids is 1. The predicted molar refractivity (Wildman–Crippen MR) is 114 cm³/mol. The topological polar surface area (TPSA) is 26.3 Å². The average molecular weight is 355 g/mol. The fourth-order valence-electron chi connectivity index (χ4n) is 2.26. The van der Waals surface area contributed by atoms with E-state index in [1.54, 1.807) is 0 Å². The Balaban J connectivity index is -0.00000112. The van der Waals surface area contributed by atoms with Crippen LogP contribution in [0.25, 0.3) is 0 Å². The van der Waals surface area contributed by atoms with Crippen molar-refractivity contribution < 1.29 is 9.53 Å². The highest BCUT2D eigenvalue weighted by molar-refractivity contribution is 5.73. The van der Waals surface area contributed by atoms with Crippen LogP contribution in [-0.2, 0) is 9.53 Å². The number of rotatable bonds is 6. The van der Waals surface area contributed by atoms with Gasteiger partial charge in [-0.3, -0.25) is 4.79 Å². The molecule has 0 aromatic carbocycles. The SMILES string of the molecule is C/C=C\C(=C/C)CCOC(=O)C(CC(C)(C)C)C(C)(C)C.CC.CC. The monoisotopic (exact) mass is 354 g/mol. The van der Waals surface area contributed by atoms with Crippen molar-refractivity contribution in [3.63, 3.8) is 0 Å². The predicted octanol–water partition coefficient (Wildman–Crippen LogP) is 7.59. The zero-order valence-corrected chi connectivity index (χ0v) is 19.2. The van der Waals surface area contributed by atoms with E-state index in [1.165, 1.54) is 5.57 Å². The van der Waals surface area contributed by atoms with Crippen LogP contribution in [-0.4, -0.2) is 12.6 Å². The van der Waals surface area contributed by atoms with Gasteiger partial charge in [-0.2, -0.15) is 0 Å². The molecule has 0 amide bonds. The molecule has 0 aliphatic carbocycles. The van der Waals surface area contributed by atoms with Gasteiger partial charge in [0.15, 0.2) is 0 Å². The molecule has 1 atom stereocenters. The summed E-state index contributed by atoms with van der Waals surface area (Å²) in [6, 6.07) is 0. The molecule has 0 aliphatic heterocycles. The number of hydrogen-bond acceptors (Lipinski definition) is 2. The molecule has 0 aromatic heterocycles. The number of esters is 1. The van der Waals surface area contributed by atoms with E-state index in [1.807, 2.05) is 47.6 Å². The Morgan fingerprint density at radius 3 is 1.76 bits per heavy atom. The lowest BCUT2D eigenvalue weighted by molar-refractivity contribution is -0.153. The molecule has 0 saturated carbocycles. The number of carbonyl (C=O) groups is 1. The van der Waals surface area contributed by atoms with Crippen molar-refractivity contribution in [1.82, 2.24) is 0 Å². The van der Waals surface area contributed by atoms with Gasteiger partial charge >= 0.3 is 5.97 Å². The van der Waals surface area contributed by atoms with Crippen LogP contribution in [0.15, 0.2) is 23.8 Å². The molecule has 0 aromatic rings. The van der Waals surface area contributed by atoms with E-state index in [2.05, 4.69) is 53.7 Å². The van der Waals surface area contributed by atoms with E-state index < -0.39 is 0 Å². The highest BCUT2D eigenvalue weighted by Crippen LogP contribution is 2.36. The highest BCUT2D eigenvalue weighted by Gasteiger charge is 2.35. The van der Waals surface area contributed by atoms with E-state index in [0.717, 1.165) is 12.8 Å². The molecule has 0 fully saturated rings. The van der Waals surface area contributed by atoms with Crippen molar-refractivity contribution in [3.05, 3.63) is 23.8 Å². The zero-order valence-electron chi connectivity index (χ0n) is 19.2. The second-order valence-electron chi connectivity index (χ2n) is 7.96. The zero-order chi connectivity index (χ0) is 20.7. The van der Waals surface area contributed by atoms with Crippen LogP contribution < -0.4 is 0 Å². The van der Waals surface area contributed by atoms with Gasteiger partial charge in [0.1, 0.15) is 0 Å². The summed E-state index contributed by atoms with van der Waals surface area (Å²) in [4.78, 5) is 12.4. The molecule has 0 N–H and O–H groups in total. The van der Waals surface area contributed by atoms with Gasteiger partial charge in [-0.25, -0.2) is 0 Å². The standard InChI is InChI=1S/C19H34O2.2C2H6/c1-9-11-15(10-2)12-13-21-17(20)16(19(6,7)8)14-18(3,4)5;2*1-2/h9-11,16H,12-14H2,1-8H3;2*1-2H3/b11-9-,15-10+;;. The quantitative estimate of drug-likeness (QED) is 0.362. The summed E-state index contributed by atoms with van der Waals surface area (Å²) < 4.78 is 5.54. The molecule has 0 rings (SSSR count). The summed E-state index contributed by atoms with van der Waals surface area (Å²) in [5.74, 6) is -0.123. The van der Waals surface area contributed by atoms with Gasteiger partial charge in [0.25, 0.3) is 0 Å². The second-order valence-corrected chi connectivity index (χ2v) is 7.96. The first-order valence-corrected chi connectivity index (χ1v) is 9.96. The van der Waals surface area contributed by atoms with Gasteiger partial charge in [0.05, 0.1) is 12.5 Å². The lowest BCUT2D eigenvalue weighted by Crippen LogP contribution is -2.33. The minimum atomic E-state index is -0.0723. The first-order chi connectivity index (χ1) is 11.5. The Kier molecular flexibility index (Phi) is 17.5. The molecule has 2 heteroatoms. The number of hydrogen-bond donors (Lipinski definition) is 0. The molecule has 0 heterocycles. The van der Waals surface area contributed by atoms with Crippen molar-refractivity contribution in [3.8, 4) is 0 Å². The molecular formula is C23H46O2. The van der Waals surface area contributed by atoms with E-state index >= 15 is 0 Å². The van der Waals surface area contributed by atoms with Crippen molar-refractivity contribution in [2.45, 2.75) is 95.9 Å². The van der Waals surface area contributed by atoms with Crippen LogP contribution in [0, 0.1) is 16.7 Å². The highest BCUT2D eigenvalue weighted by atomic mass is 16.5. The summed E-state index contributed by atoms with van der Waals surface area (Å²) in [6.07, 6.45) is 7.75. The van der Waals surface area contributed by atoms with Crippen molar-refractivity contribution in [2.75, 3.05) is 6.61 Å². The second kappa shape index (κ2) is 15.2. The van der Waals surface area contributed by atoms with Crippen LogP contribution in [0.5, 0.6) is 0 Å². The van der Waals surface area contributed by atoms with E-state index in [0.29, 0.717) is 6.61 Å².